The highest BCUT2D eigenvalue weighted by Crippen LogP contribution is 2.32. The summed E-state index contributed by atoms with van der Waals surface area (Å²) < 4.78 is 4.91. The van der Waals surface area contributed by atoms with Crippen LogP contribution in [0.4, 0.5) is 4.79 Å². The topological polar surface area (TPSA) is 78.9 Å². The van der Waals surface area contributed by atoms with Crippen molar-refractivity contribution in [3.05, 3.63) is 12.7 Å². The summed E-state index contributed by atoms with van der Waals surface area (Å²) in [6.45, 7) is 4.75. The van der Waals surface area contributed by atoms with Crippen molar-refractivity contribution in [3.8, 4) is 0 Å². The Morgan fingerprint density at radius 3 is 2.61 bits per heavy atom. The van der Waals surface area contributed by atoms with E-state index >= 15 is 0 Å². The molecule has 0 heterocycles. The lowest BCUT2D eigenvalue weighted by Gasteiger charge is -2.39. The molecule has 0 radical (unpaired) electrons. The molecule has 6 heteroatoms. The fourth-order valence-electron chi connectivity index (χ4n) is 1.84. The average Bonchev–Trinajstić information content (AvgIpc) is 2.28. The van der Waals surface area contributed by atoms with Crippen molar-refractivity contribution >= 4 is 12.0 Å². The molecule has 1 saturated carbocycles. The first kappa shape index (κ1) is 14.5. The van der Waals surface area contributed by atoms with E-state index in [1.165, 1.54) is 4.90 Å². The van der Waals surface area contributed by atoms with Crippen LogP contribution >= 0.6 is 0 Å². The molecule has 0 spiro atoms. The maximum Gasteiger partial charge on any atom is 0.329 e. The fraction of sp³-hybridized carbons (Fsp3) is 0.667. The van der Waals surface area contributed by atoms with Crippen molar-refractivity contribution in [3.63, 3.8) is 0 Å². The summed E-state index contributed by atoms with van der Waals surface area (Å²) >= 11 is 0. The second-order valence-corrected chi connectivity index (χ2v) is 4.40. The third-order valence-electron chi connectivity index (χ3n) is 3.16. The maximum atomic E-state index is 12.0. The molecule has 0 aromatic carbocycles. The molecule has 0 unspecified atom stereocenters. The van der Waals surface area contributed by atoms with E-state index in [-0.39, 0.29) is 6.03 Å². The van der Waals surface area contributed by atoms with Gasteiger partial charge in [-0.15, -0.1) is 6.58 Å². The van der Waals surface area contributed by atoms with Gasteiger partial charge in [-0.1, -0.05) is 6.08 Å². The van der Waals surface area contributed by atoms with Gasteiger partial charge in [0, 0.05) is 20.2 Å². The number of ether oxygens (including phenoxy) is 1. The monoisotopic (exact) mass is 256 g/mol. The molecule has 2 N–H and O–H groups in total. The number of hydrogen-bond acceptors (Lipinski definition) is 3. The first-order valence-electron chi connectivity index (χ1n) is 5.96. The predicted molar refractivity (Wildman–Crippen MR) is 66.4 cm³/mol. The van der Waals surface area contributed by atoms with Gasteiger partial charge < -0.3 is 20.1 Å². The van der Waals surface area contributed by atoms with Gasteiger partial charge in [0.1, 0.15) is 5.54 Å². The molecule has 0 aromatic rings. The summed E-state index contributed by atoms with van der Waals surface area (Å²) in [5, 5.41) is 11.7. The summed E-state index contributed by atoms with van der Waals surface area (Å²) in [4.78, 5) is 24.6. The van der Waals surface area contributed by atoms with Gasteiger partial charge in [0.05, 0.1) is 6.61 Å². The molecule has 0 aliphatic heterocycles. The molecule has 18 heavy (non-hydrogen) atoms. The Morgan fingerprint density at radius 1 is 1.56 bits per heavy atom. The number of carboxylic acids is 1. The number of hydrogen-bond donors (Lipinski definition) is 2. The Kier molecular flexibility index (Phi) is 5.15. The van der Waals surface area contributed by atoms with Crippen LogP contribution in [0.3, 0.4) is 0 Å². The molecule has 1 aliphatic carbocycles. The number of amides is 2. The van der Waals surface area contributed by atoms with Crippen LogP contribution < -0.4 is 5.32 Å². The normalized spacial score (nSPS) is 16.5. The van der Waals surface area contributed by atoms with E-state index in [4.69, 9.17) is 9.84 Å². The molecule has 0 saturated heterocycles. The Hall–Kier alpha value is -1.56. The summed E-state index contributed by atoms with van der Waals surface area (Å²) in [7, 11) is 1.55. The summed E-state index contributed by atoms with van der Waals surface area (Å²) in [5.74, 6) is -0.965. The number of nitrogens with zero attached hydrogens (tertiary/aromatic N) is 1. The number of carbonyl (C=O) groups excluding carboxylic acids is 1. The lowest BCUT2D eigenvalue weighted by Crippen LogP contribution is -2.61. The van der Waals surface area contributed by atoms with Crippen LogP contribution in [0.5, 0.6) is 0 Å². The minimum Gasteiger partial charge on any atom is -0.480 e. The second-order valence-electron chi connectivity index (χ2n) is 4.40. The molecule has 0 aromatic heterocycles. The molecule has 1 aliphatic rings. The van der Waals surface area contributed by atoms with Crippen molar-refractivity contribution in [1.82, 2.24) is 10.2 Å². The number of urea groups is 1. The zero-order chi connectivity index (χ0) is 13.6. The van der Waals surface area contributed by atoms with Gasteiger partial charge in [0.25, 0.3) is 0 Å². The molecular weight excluding hydrogens is 236 g/mol. The van der Waals surface area contributed by atoms with Crippen molar-refractivity contribution in [2.45, 2.75) is 24.8 Å². The molecule has 2 amide bonds. The number of aliphatic carboxylic acids is 1. The van der Waals surface area contributed by atoms with Gasteiger partial charge in [0.2, 0.25) is 0 Å². The van der Waals surface area contributed by atoms with Crippen LogP contribution in [0, 0.1) is 0 Å². The summed E-state index contributed by atoms with van der Waals surface area (Å²) in [6, 6.07) is -0.381. The van der Waals surface area contributed by atoms with Gasteiger partial charge in [-0.25, -0.2) is 9.59 Å². The SMILES string of the molecule is C=CCN(CCOC)C(=O)NC1(C(=O)O)CCC1. The molecule has 0 atom stereocenters. The van der Waals surface area contributed by atoms with Crippen LogP contribution in [0.25, 0.3) is 0 Å². The number of carbonyl (C=O) groups is 2. The molecule has 6 nitrogen and oxygen atoms in total. The number of carboxylic acid groups (broad SMARTS) is 1. The standard InChI is InChI=1S/C12H20N2O4/c1-3-7-14(8-9-18-2)11(17)13-12(10(15)16)5-4-6-12/h3H,1,4-9H2,2H3,(H,13,17)(H,15,16). The fourth-order valence-corrected chi connectivity index (χ4v) is 1.84. The first-order valence-corrected chi connectivity index (χ1v) is 5.96. The van der Waals surface area contributed by atoms with Gasteiger partial charge in [-0.3, -0.25) is 0 Å². The summed E-state index contributed by atoms with van der Waals surface area (Å²) in [5.41, 5.74) is -1.08. The van der Waals surface area contributed by atoms with E-state index in [0.717, 1.165) is 6.42 Å². The zero-order valence-corrected chi connectivity index (χ0v) is 10.6. The highest BCUT2D eigenvalue weighted by atomic mass is 16.5. The van der Waals surface area contributed by atoms with Crippen LogP contribution in [0.15, 0.2) is 12.7 Å². The Labute approximate surface area is 107 Å². The van der Waals surface area contributed by atoms with Crippen LogP contribution in [-0.2, 0) is 9.53 Å². The predicted octanol–water partition coefficient (Wildman–Crippen LogP) is 0.838. The van der Waals surface area contributed by atoms with Crippen molar-refractivity contribution < 1.29 is 19.4 Å². The van der Waals surface area contributed by atoms with Crippen LogP contribution in [0.2, 0.25) is 0 Å². The van der Waals surface area contributed by atoms with Crippen molar-refractivity contribution in [2.75, 3.05) is 26.8 Å². The van der Waals surface area contributed by atoms with E-state index in [9.17, 15) is 9.59 Å². The van der Waals surface area contributed by atoms with Gasteiger partial charge in [-0.05, 0) is 19.3 Å². The minimum absolute atomic E-state index is 0.366. The second kappa shape index (κ2) is 6.39. The molecule has 0 bridgehead atoms. The highest BCUT2D eigenvalue weighted by molar-refractivity contribution is 5.87. The molecule has 1 rings (SSSR count). The lowest BCUT2D eigenvalue weighted by atomic mass is 9.77. The quantitative estimate of drug-likeness (QED) is 0.661. The van der Waals surface area contributed by atoms with Gasteiger partial charge >= 0.3 is 12.0 Å². The lowest BCUT2D eigenvalue weighted by molar-refractivity contribution is -0.148. The number of nitrogens with one attached hydrogen (secondary N) is 1. The number of rotatable bonds is 7. The van der Waals surface area contributed by atoms with Crippen LogP contribution in [-0.4, -0.2) is 54.4 Å². The molecule has 102 valence electrons. The Balaban J connectivity index is 2.59. The Bertz CT molecular complexity index is 326. The van der Waals surface area contributed by atoms with Gasteiger partial charge in [-0.2, -0.15) is 0 Å². The summed E-state index contributed by atoms with van der Waals surface area (Å²) in [6.07, 6.45) is 3.40. The maximum absolute atomic E-state index is 12.0. The smallest absolute Gasteiger partial charge is 0.329 e. The van der Waals surface area contributed by atoms with Crippen molar-refractivity contribution in [1.29, 1.82) is 0 Å². The highest BCUT2D eigenvalue weighted by Gasteiger charge is 2.46. The first-order chi connectivity index (χ1) is 8.55. The minimum atomic E-state index is -1.08. The third kappa shape index (κ3) is 3.22. The van der Waals surface area contributed by atoms with E-state index in [2.05, 4.69) is 11.9 Å². The van der Waals surface area contributed by atoms with E-state index in [1.54, 1.807) is 13.2 Å². The van der Waals surface area contributed by atoms with Gasteiger partial charge in [0.15, 0.2) is 0 Å². The molecule has 1 fully saturated rings. The van der Waals surface area contributed by atoms with E-state index < -0.39 is 11.5 Å². The average molecular weight is 256 g/mol. The van der Waals surface area contributed by atoms with E-state index in [0.29, 0.717) is 32.5 Å². The van der Waals surface area contributed by atoms with E-state index in [1.807, 2.05) is 0 Å². The van der Waals surface area contributed by atoms with Crippen molar-refractivity contribution in [2.24, 2.45) is 0 Å². The largest absolute Gasteiger partial charge is 0.480 e. The van der Waals surface area contributed by atoms with Crippen LogP contribution in [0.1, 0.15) is 19.3 Å². The number of methoxy groups -OCH3 is 1. The Morgan fingerprint density at radius 2 is 2.22 bits per heavy atom. The molecular formula is C12H20N2O4. The zero-order valence-electron chi connectivity index (χ0n) is 10.6. The third-order valence-corrected chi connectivity index (χ3v) is 3.16.